The van der Waals surface area contributed by atoms with Crippen molar-refractivity contribution < 1.29 is 15.0 Å². The zero-order chi connectivity index (χ0) is 9.98. The molecule has 1 aromatic rings. The summed E-state index contributed by atoms with van der Waals surface area (Å²) in [5, 5.41) is 17.3. The van der Waals surface area contributed by atoms with Crippen LogP contribution in [0.5, 0.6) is 11.5 Å². The van der Waals surface area contributed by atoms with Crippen molar-refractivity contribution >= 4 is 6.79 Å². The van der Waals surface area contributed by atoms with E-state index in [1.807, 2.05) is 6.79 Å². The summed E-state index contributed by atoms with van der Waals surface area (Å²) < 4.78 is 0. The average Bonchev–Trinajstić information content (AvgIpc) is 2.11. The van der Waals surface area contributed by atoms with Gasteiger partial charge in [-0.25, -0.2) is 0 Å². The first-order valence-corrected chi connectivity index (χ1v) is 3.06. The number of rotatable bonds is 0. The molecule has 0 aliphatic heterocycles. The lowest BCUT2D eigenvalue weighted by atomic mass is 10.3. The molecule has 0 unspecified atom stereocenters. The highest BCUT2D eigenvalue weighted by Gasteiger charge is 1.85. The van der Waals surface area contributed by atoms with Crippen LogP contribution < -0.4 is 0 Å². The van der Waals surface area contributed by atoms with Gasteiger partial charge in [0.15, 0.2) is 0 Å². The van der Waals surface area contributed by atoms with Crippen molar-refractivity contribution in [1.82, 2.24) is 0 Å². The zero-order valence-corrected chi connectivity index (χ0v) is 6.73. The summed E-state index contributed by atoms with van der Waals surface area (Å²) in [6, 6.07) is 5.85. The third kappa shape index (κ3) is 6.35. The highest BCUT2D eigenvalue weighted by molar-refractivity contribution is 5.30. The topological polar surface area (TPSA) is 57.5 Å². The molecule has 0 amide bonds. The predicted molar refractivity (Wildman–Crippen MR) is 48.1 cm³/mol. The minimum Gasteiger partial charge on any atom is -0.508 e. The number of carbonyl (C=O) groups excluding carboxylic acids is 1. The first-order chi connectivity index (χ1) is 5.79. The molecule has 0 fully saturated rings. The monoisotopic (exact) mass is 168 g/mol. The minimum absolute atomic E-state index is 0.0880. The minimum atomic E-state index is 0.0880. The molecule has 0 aliphatic carbocycles. The van der Waals surface area contributed by atoms with Gasteiger partial charge in [0.2, 0.25) is 0 Å². The second-order valence-corrected chi connectivity index (χ2v) is 1.52. The molecular formula is C9H12O3. The lowest BCUT2D eigenvalue weighted by Crippen LogP contribution is -1.61. The molecule has 1 aromatic carbocycles. The fourth-order valence-electron chi connectivity index (χ4n) is 0.493. The molecule has 12 heavy (non-hydrogen) atoms. The van der Waals surface area contributed by atoms with Crippen LogP contribution in [0.15, 0.2) is 37.4 Å². The molecule has 3 nitrogen and oxygen atoms in total. The number of aromatic hydroxyl groups is 2. The number of hydrogen-bond donors (Lipinski definition) is 2. The SMILES string of the molecule is C=C.C=O.Oc1cccc(O)c1. The highest BCUT2D eigenvalue weighted by atomic mass is 16.3. The van der Waals surface area contributed by atoms with E-state index in [-0.39, 0.29) is 11.5 Å². The van der Waals surface area contributed by atoms with E-state index in [4.69, 9.17) is 15.0 Å². The Morgan fingerprint density at radius 3 is 1.50 bits per heavy atom. The lowest BCUT2D eigenvalue weighted by Gasteiger charge is -1.89. The van der Waals surface area contributed by atoms with E-state index < -0.39 is 0 Å². The Balaban J connectivity index is 0. The van der Waals surface area contributed by atoms with Crippen molar-refractivity contribution in [3.63, 3.8) is 0 Å². The van der Waals surface area contributed by atoms with Crippen molar-refractivity contribution in [3.8, 4) is 11.5 Å². The summed E-state index contributed by atoms with van der Waals surface area (Å²) in [7, 11) is 0. The normalized spacial score (nSPS) is 6.67. The molecule has 0 saturated carbocycles. The highest BCUT2D eigenvalue weighted by Crippen LogP contribution is 2.14. The van der Waals surface area contributed by atoms with Gasteiger partial charge in [-0.2, -0.15) is 0 Å². The maximum Gasteiger partial charge on any atom is 0.119 e. The molecule has 1 rings (SSSR count). The molecule has 66 valence electrons. The maximum absolute atomic E-state index is 8.65. The van der Waals surface area contributed by atoms with Gasteiger partial charge in [-0.15, -0.1) is 13.2 Å². The van der Waals surface area contributed by atoms with Crippen molar-refractivity contribution in [2.24, 2.45) is 0 Å². The quantitative estimate of drug-likeness (QED) is 0.580. The van der Waals surface area contributed by atoms with Crippen LogP contribution in [0, 0.1) is 0 Å². The summed E-state index contributed by atoms with van der Waals surface area (Å²) in [6.07, 6.45) is 0. The Kier molecular flexibility index (Phi) is 9.90. The number of phenols is 2. The van der Waals surface area contributed by atoms with Gasteiger partial charge in [0, 0.05) is 6.07 Å². The summed E-state index contributed by atoms with van der Waals surface area (Å²) in [6.45, 7) is 8.00. The van der Waals surface area contributed by atoms with E-state index in [9.17, 15) is 0 Å². The smallest absolute Gasteiger partial charge is 0.119 e. The first kappa shape index (κ1) is 12.9. The Hall–Kier alpha value is -1.77. The summed E-state index contributed by atoms with van der Waals surface area (Å²) >= 11 is 0. The third-order valence-electron chi connectivity index (χ3n) is 0.830. The van der Waals surface area contributed by atoms with Crippen LogP contribution in [0.3, 0.4) is 0 Å². The summed E-state index contributed by atoms with van der Waals surface area (Å²) in [5.41, 5.74) is 0. The number of carbonyl (C=O) groups is 1. The number of phenolic OH excluding ortho intramolecular Hbond substituents is 2. The van der Waals surface area contributed by atoms with E-state index in [1.54, 1.807) is 6.07 Å². The number of benzene rings is 1. The van der Waals surface area contributed by atoms with Crippen molar-refractivity contribution in [2.45, 2.75) is 0 Å². The van der Waals surface area contributed by atoms with Crippen LogP contribution in [0.2, 0.25) is 0 Å². The molecule has 0 heterocycles. The van der Waals surface area contributed by atoms with E-state index in [0.29, 0.717) is 0 Å². The van der Waals surface area contributed by atoms with Gasteiger partial charge in [0.25, 0.3) is 0 Å². The predicted octanol–water partition coefficient (Wildman–Crippen LogP) is 1.72. The fourth-order valence-corrected chi connectivity index (χ4v) is 0.493. The van der Waals surface area contributed by atoms with Gasteiger partial charge >= 0.3 is 0 Å². The van der Waals surface area contributed by atoms with E-state index in [1.165, 1.54) is 18.2 Å². The lowest BCUT2D eigenvalue weighted by molar-refractivity contribution is -0.0979. The first-order valence-electron chi connectivity index (χ1n) is 3.06. The molecule has 0 radical (unpaired) electrons. The van der Waals surface area contributed by atoms with Gasteiger partial charge in [0.05, 0.1) is 0 Å². The van der Waals surface area contributed by atoms with Gasteiger partial charge in [-0.05, 0) is 12.1 Å². The maximum atomic E-state index is 8.65. The van der Waals surface area contributed by atoms with Crippen LogP contribution in [-0.2, 0) is 4.79 Å². The Morgan fingerprint density at radius 1 is 1.00 bits per heavy atom. The van der Waals surface area contributed by atoms with Crippen LogP contribution in [0.25, 0.3) is 0 Å². The van der Waals surface area contributed by atoms with Gasteiger partial charge in [0.1, 0.15) is 18.3 Å². The van der Waals surface area contributed by atoms with Crippen molar-refractivity contribution in [2.75, 3.05) is 0 Å². The third-order valence-corrected chi connectivity index (χ3v) is 0.830. The summed E-state index contributed by atoms with van der Waals surface area (Å²) in [5.74, 6) is 0.176. The largest absolute Gasteiger partial charge is 0.508 e. The van der Waals surface area contributed by atoms with E-state index in [2.05, 4.69) is 13.2 Å². The second-order valence-electron chi connectivity index (χ2n) is 1.52. The van der Waals surface area contributed by atoms with E-state index >= 15 is 0 Å². The molecule has 0 saturated heterocycles. The van der Waals surface area contributed by atoms with Gasteiger partial charge in [-0.1, -0.05) is 6.07 Å². The molecule has 3 heteroatoms. The van der Waals surface area contributed by atoms with Crippen molar-refractivity contribution in [1.29, 1.82) is 0 Å². The molecule has 0 aliphatic rings. The Morgan fingerprint density at radius 2 is 1.33 bits per heavy atom. The molecule has 0 bridgehead atoms. The Bertz CT molecular complexity index is 191. The van der Waals surface area contributed by atoms with Crippen LogP contribution in [0.4, 0.5) is 0 Å². The average molecular weight is 168 g/mol. The molecule has 0 spiro atoms. The van der Waals surface area contributed by atoms with Crippen LogP contribution in [0.1, 0.15) is 0 Å². The van der Waals surface area contributed by atoms with Crippen LogP contribution in [-0.4, -0.2) is 17.0 Å². The molecule has 0 aromatic heterocycles. The zero-order valence-electron chi connectivity index (χ0n) is 6.73. The fraction of sp³-hybridized carbons (Fsp3) is 0. The Labute approximate surface area is 71.6 Å². The molecular weight excluding hydrogens is 156 g/mol. The van der Waals surface area contributed by atoms with Gasteiger partial charge < -0.3 is 15.0 Å². The molecule has 0 atom stereocenters. The van der Waals surface area contributed by atoms with Crippen LogP contribution >= 0.6 is 0 Å². The molecule has 2 N–H and O–H groups in total. The van der Waals surface area contributed by atoms with Gasteiger partial charge in [-0.3, -0.25) is 0 Å². The standard InChI is InChI=1S/C6H6O2.C2H4.CH2O/c7-5-2-1-3-6(8)4-5;2*1-2/h1-4,7-8H;1-2H2;1H2. The summed E-state index contributed by atoms with van der Waals surface area (Å²) in [4.78, 5) is 8.00. The number of hydrogen-bond acceptors (Lipinski definition) is 3. The van der Waals surface area contributed by atoms with E-state index in [0.717, 1.165) is 0 Å². The van der Waals surface area contributed by atoms with Crippen molar-refractivity contribution in [3.05, 3.63) is 37.4 Å². The second kappa shape index (κ2) is 9.23.